The van der Waals surface area contributed by atoms with Gasteiger partial charge in [0.25, 0.3) is 0 Å². The molecule has 20 heavy (non-hydrogen) atoms. The van der Waals surface area contributed by atoms with Crippen LogP contribution in [0.3, 0.4) is 0 Å². The minimum atomic E-state index is 0.0181. The summed E-state index contributed by atoms with van der Waals surface area (Å²) in [7, 11) is 3.27. The van der Waals surface area contributed by atoms with E-state index in [-0.39, 0.29) is 18.7 Å². The molecule has 0 fully saturated rings. The molecule has 2 unspecified atom stereocenters. The number of nitrogens with two attached hydrogens (primary N) is 1. The number of rotatable bonds is 9. The van der Waals surface area contributed by atoms with Crippen molar-refractivity contribution in [3.05, 3.63) is 23.8 Å². The Morgan fingerprint density at radius 1 is 1.30 bits per heavy atom. The van der Waals surface area contributed by atoms with Gasteiger partial charge in [0.15, 0.2) is 0 Å². The van der Waals surface area contributed by atoms with Crippen molar-refractivity contribution in [3.8, 4) is 11.5 Å². The maximum absolute atomic E-state index is 8.88. The smallest absolute Gasteiger partial charge is 0.127 e. The third-order valence-corrected chi connectivity index (χ3v) is 3.33. The Hall–Kier alpha value is -1.30. The summed E-state index contributed by atoms with van der Waals surface area (Å²) in [5.41, 5.74) is 6.90. The third kappa shape index (κ3) is 4.67. The Morgan fingerprint density at radius 3 is 2.60 bits per heavy atom. The predicted octanol–water partition coefficient (Wildman–Crippen LogP) is 1.45. The highest BCUT2D eigenvalue weighted by molar-refractivity contribution is 5.42. The van der Waals surface area contributed by atoms with Gasteiger partial charge in [0.2, 0.25) is 0 Å². The molecule has 1 aromatic carbocycles. The van der Waals surface area contributed by atoms with E-state index < -0.39 is 0 Å². The van der Waals surface area contributed by atoms with E-state index in [9.17, 15) is 0 Å². The van der Waals surface area contributed by atoms with Gasteiger partial charge in [-0.1, -0.05) is 6.07 Å². The van der Waals surface area contributed by atoms with Gasteiger partial charge in [-0.2, -0.15) is 0 Å². The van der Waals surface area contributed by atoms with E-state index in [2.05, 4.69) is 12.2 Å². The number of hydrogen-bond acceptors (Lipinski definition) is 5. The molecule has 0 aromatic heterocycles. The van der Waals surface area contributed by atoms with Gasteiger partial charge in [-0.15, -0.1) is 0 Å². The van der Waals surface area contributed by atoms with Crippen LogP contribution in [0.4, 0.5) is 0 Å². The zero-order valence-electron chi connectivity index (χ0n) is 12.6. The number of hydrogen-bond donors (Lipinski definition) is 3. The van der Waals surface area contributed by atoms with Crippen LogP contribution < -0.4 is 20.5 Å². The van der Waals surface area contributed by atoms with Crippen molar-refractivity contribution in [2.24, 2.45) is 5.73 Å². The van der Waals surface area contributed by atoms with Crippen molar-refractivity contribution in [3.63, 3.8) is 0 Å². The first kappa shape index (κ1) is 16.8. The second-order valence-electron chi connectivity index (χ2n) is 4.83. The average Bonchev–Trinajstić information content (AvgIpc) is 2.49. The summed E-state index contributed by atoms with van der Waals surface area (Å²) in [6.45, 7) is 2.78. The molecule has 5 heteroatoms. The van der Waals surface area contributed by atoms with E-state index >= 15 is 0 Å². The van der Waals surface area contributed by atoms with Crippen molar-refractivity contribution in [1.82, 2.24) is 5.32 Å². The monoisotopic (exact) mass is 282 g/mol. The zero-order chi connectivity index (χ0) is 15.0. The molecular weight excluding hydrogens is 256 g/mol. The quantitative estimate of drug-likeness (QED) is 0.639. The second kappa shape index (κ2) is 8.79. The van der Waals surface area contributed by atoms with Gasteiger partial charge in [0, 0.05) is 36.9 Å². The van der Waals surface area contributed by atoms with Gasteiger partial charge in [-0.3, -0.25) is 0 Å². The fourth-order valence-corrected chi connectivity index (χ4v) is 2.22. The highest BCUT2D eigenvalue weighted by atomic mass is 16.5. The van der Waals surface area contributed by atoms with Gasteiger partial charge in [0.1, 0.15) is 11.5 Å². The number of methoxy groups -OCH3 is 2. The van der Waals surface area contributed by atoms with Crippen molar-refractivity contribution in [2.45, 2.75) is 31.8 Å². The summed E-state index contributed by atoms with van der Waals surface area (Å²) in [6, 6.07) is 6.03. The van der Waals surface area contributed by atoms with E-state index in [1.807, 2.05) is 18.2 Å². The molecule has 1 rings (SSSR count). The molecule has 0 saturated carbocycles. The van der Waals surface area contributed by atoms with Crippen LogP contribution in [0.25, 0.3) is 0 Å². The van der Waals surface area contributed by atoms with Crippen molar-refractivity contribution >= 4 is 0 Å². The van der Waals surface area contributed by atoms with Gasteiger partial charge in [0.05, 0.1) is 14.2 Å². The molecule has 0 aliphatic rings. The van der Waals surface area contributed by atoms with Crippen LogP contribution >= 0.6 is 0 Å². The normalized spacial score (nSPS) is 13.8. The Balaban J connectivity index is 2.83. The highest BCUT2D eigenvalue weighted by Crippen LogP contribution is 2.29. The summed E-state index contributed by atoms with van der Waals surface area (Å²) in [5, 5.41) is 12.3. The van der Waals surface area contributed by atoms with Crippen LogP contribution in [0.15, 0.2) is 18.2 Å². The molecule has 0 spiro atoms. The lowest BCUT2D eigenvalue weighted by Crippen LogP contribution is -2.35. The zero-order valence-corrected chi connectivity index (χ0v) is 12.6. The highest BCUT2D eigenvalue weighted by Gasteiger charge is 2.17. The Morgan fingerprint density at radius 2 is 2.05 bits per heavy atom. The van der Waals surface area contributed by atoms with Crippen LogP contribution in [-0.2, 0) is 0 Å². The molecule has 0 aliphatic heterocycles. The van der Waals surface area contributed by atoms with Crippen molar-refractivity contribution in [1.29, 1.82) is 0 Å². The van der Waals surface area contributed by atoms with Gasteiger partial charge in [-0.05, 0) is 25.8 Å². The third-order valence-electron chi connectivity index (χ3n) is 3.33. The minimum absolute atomic E-state index is 0.0181. The number of aliphatic hydroxyl groups is 1. The van der Waals surface area contributed by atoms with Gasteiger partial charge >= 0.3 is 0 Å². The lowest BCUT2D eigenvalue weighted by atomic mass is 10.0. The molecule has 0 saturated heterocycles. The fraction of sp³-hybridized carbons (Fsp3) is 0.600. The lowest BCUT2D eigenvalue weighted by Gasteiger charge is -2.24. The number of ether oxygens (including phenoxy) is 2. The summed E-state index contributed by atoms with van der Waals surface area (Å²) in [5.74, 6) is 1.52. The van der Waals surface area contributed by atoms with E-state index in [1.165, 1.54) is 0 Å². The molecule has 5 nitrogen and oxygen atoms in total. The molecule has 0 amide bonds. The number of benzene rings is 1. The van der Waals surface area contributed by atoms with Crippen LogP contribution in [-0.4, -0.2) is 38.5 Å². The van der Waals surface area contributed by atoms with Crippen LogP contribution in [0, 0.1) is 0 Å². The molecule has 1 aromatic rings. The largest absolute Gasteiger partial charge is 0.497 e. The maximum atomic E-state index is 8.88. The predicted molar refractivity (Wildman–Crippen MR) is 80.3 cm³/mol. The van der Waals surface area contributed by atoms with Crippen LogP contribution in [0.1, 0.15) is 31.4 Å². The van der Waals surface area contributed by atoms with E-state index in [4.69, 9.17) is 20.3 Å². The number of nitrogens with one attached hydrogen (secondary N) is 1. The topological polar surface area (TPSA) is 76.7 Å². The van der Waals surface area contributed by atoms with Gasteiger partial charge < -0.3 is 25.6 Å². The van der Waals surface area contributed by atoms with E-state index in [0.717, 1.165) is 29.9 Å². The Bertz CT molecular complexity index is 399. The molecular formula is C15H26N2O3. The summed E-state index contributed by atoms with van der Waals surface area (Å²) < 4.78 is 10.6. The molecule has 4 N–H and O–H groups in total. The number of aliphatic hydroxyl groups excluding tert-OH is 1. The SMILES string of the molecule is COc1ccc(C(CN)NC(C)CCCO)c(OC)c1. The van der Waals surface area contributed by atoms with Crippen molar-refractivity contribution in [2.75, 3.05) is 27.4 Å². The molecule has 0 bridgehead atoms. The van der Waals surface area contributed by atoms with Crippen molar-refractivity contribution < 1.29 is 14.6 Å². The minimum Gasteiger partial charge on any atom is -0.497 e. The second-order valence-corrected chi connectivity index (χ2v) is 4.83. The maximum Gasteiger partial charge on any atom is 0.127 e. The van der Waals surface area contributed by atoms with Crippen LogP contribution in [0.2, 0.25) is 0 Å². The summed E-state index contributed by atoms with van der Waals surface area (Å²) in [4.78, 5) is 0. The molecule has 114 valence electrons. The molecule has 0 heterocycles. The lowest BCUT2D eigenvalue weighted by molar-refractivity contribution is 0.273. The molecule has 0 aliphatic carbocycles. The first-order valence-electron chi connectivity index (χ1n) is 6.95. The molecule has 0 radical (unpaired) electrons. The Kier molecular flexibility index (Phi) is 7.36. The van der Waals surface area contributed by atoms with Gasteiger partial charge in [-0.25, -0.2) is 0 Å². The first-order chi connectivity index (χ1) is 9.65. The van der Waals surface area contributed by atoms with Crippen LogP contribution in [0.5, 0.6) is 11.5 Å². The van der Waals surface area contributed by atoms with E-state index in [0.29, 0.717) is 6.54 Å². The first-order valence-corrected chi connectivity index (χ1v) is 6.95. The fourth-order valence-electron chi connectivity index (χ4n) is 2.22. The summed E-state index contributed by atoms with van der Waals surface area (Å²) >= 11 is 0. The van der Waals surface area contributed by atoms with E-state index in [1.54, 1.807) is 14.2 Å². The standard InChI is InChI=1S/C15H26N2O3/c1-11(5-4-8-18)17-14(10-16)13-7-6-12(19-2)9-15(13)20-3/h6-7,9,11,14,17-18H,4-5,8,10,16H2,1-3H3. The molecule has 2 atom stereocenters. The summed E-state index contributed by atoms with van der Waals surface area (Å²) in [6.07, 6.45) is 1.69. The average molecular weight is 282 g/mol. The Labute approximate surface area is 121 Å².